The van der Waals surface area contributed by atoms with Crippen LogP contribution in [0.3, 0.4) is 0 Å². The van der Waals surface area contributed by atoms with E-state index in [-0.39, 0.29) is 23.0 Å². The zero-order valence-electron chi connectivity index (χ0n) is 19.1. The second-order valence-electron chi connectivity index (χ2n) is 7.66. The van der Waals surface area contributed by atoms with Crippen LogP contribution < -0.4 is 19.7 Å². The summed E-state index contributed by atoms with van der Waals surface area (Å²) in [7, 11) is 1.42. The van der Waals surface area contributed by atoms with Crippen LogP contribution in [0, 0.1) is 15.9 Å². The number of methoxy groups -OCH3 is 1. The highest BCUT2D eigenvalue weighted by atomic mass is 35.5. The number of hydrogen-bond donors (Lipinski definition) is 1. The molecule has 188 valence electrons. The second kappa shape index (κ2) is 10.7. The first-order valence-electron chi connectivity index (χ1n) is 10.6. The molecule has 1 aliphatic heterocycles. The molecular weight excluding hydrogens is 525 g/mol. The van der Waals surface area contributed by atoms with E-state index in [0.717, 1.165) is 18.2 Å². The number of nitro groups is 1. The summed E-state index contributed by atoms with van der Waals surface area (Å²) in [5.41, 5.74) is 0.716. The largest absolute Gasteiger partial charge is 0.496 e. The maximum absolute atomic E-state index is 13.7. The highest BCUT2D eigenvalue weighted by molar-refractivity contribution is 7.80. The standard InChI is InChI=1S/C25H17ClFN3O6S/c1-35-21-9-2-14(10-15(21)13-36-22-12-17(27)5-8-20(22)30(33)34)11-19-23(31)28-25(37)29(24(19)32)18-6-3-16(26)4-7-18/h2-12H,13H2,1H3,(H,28,31,37). The van der Waals surface area contributed by atoms with Gasteiger partial charge in [0, 0.05) is 22.7 Å². The molecule has 0 saturated carbocycles. The smallest absolute Gasteiger partial charge is 0.311 e. The maximum atomic E-state index is 13.7. The Kier molecular flexibility index (Phi) is 7.46. The monoisotopic (exact) mass is 541 g/mol. The molecule has 9 nitrogen and oxygen atoms in total. The molecule has 3 aromatic rings. The van der Waals surface area contributed by atoms with Crippen molar-refractivity contribution in [2.75, 3.05) is 12.0 Å². The van der Waals surface area contributed by atoms with Crippen molar-refractivity contribution >= 4 is 58.2 Å². The molecule has 12 heteroatoms. The first kappa shape index (κ1) is 25.7. The van der Waals surface area contributed by atoms with Gasteiger partial charge < -0.3 is 9.47 Å². The number of carbonyl (C=O) groups excluding carboxylic acids is 2. The number of rotatable bonds is 7. The molecule has 4 rings (SSSR count). The first-order chi connectivity index (χ1) is 17.7. The van der Waals surface area contributed by atoms with Crippen molar-refractivity contribution in [2.45, 2.75) is 6.61 Å². The van der Waals surface area contributed by atoms with Crippen molar-refractivity contribution in [3.63, 3.8) is 0 Å². The predicted octanol–water partition coefficient (Wildman–Crippen LogP) is 4.81. The van der Waals surface area contributed by atoms with Gasteiger partial charge in [0.15, 0.2) is 10.9 Å². The van der Waals surface area contributed by atoms with Crippen LogP contribution in [0.25, 0.3) is 6.08 Å². The number of amides is 2. The average molecular weight is 542 g/mol. The van der Waals surface area contributed by atoms with E-state index in [1.807, 2.05) is 0 Å². The number of carbonyl (C=O) groups is 2. The fraction of sp³-hybridized carbons (Fsp3) is 0.0800. The van der Waals surface area contributed by atoms with Crippen molar-refractivity contribution in [1.82, 2.24) is 5.32 Å². The van der Waals surface area contributed by atoms with E-state index in [9.17, 15) is 24.1 Å². The van der Waals surface area contributed by atoms with Crippen LogP contribution in [-0.2, 0) is 16.2 Å². The second-order valence-corrected chi connectivity index (χ2v) is 8.49. The lowest BCUT2D eigenvalue weighted by atomic mass is 10.0. The van der Waals surface area contributed by atoms with Crippen LogP contribution in [0.5, 0.6) is 11.5 Å². The summed E-state index contributed by atoms with van der Waals surface area (Å²) >= 11 is 11.1. The topological polar surface area (TPSA) is 111 Å². The van der Waals surface area contributed by atoms with Gasteiger partial charge in [-0.15, -0.1) is 0 Å². The molecule has 0 aliphatic carbocycles. The van der Waals surface area contributed by atoms with Crippen molar-refractivity contribution in [3.8, 4) is 11.5 Å². The number of nitro benzene ring substituents is 1. The van der Waals surface area contributed by atoms with E-state index in [1.165, 1.54) is 18.1 Å². The van der Waals surface area contributed by atoms with Crippen LogP contribution in [0.2, 0.25) is 5.02 Å². The molecule has 1 fully saturated rings. The number of benzene rings is 3. The summed E-state index contributed by atoms with van der Waals surface area (Å²) in [6.45, 7) is -0.217. The van der Waals surface area contributed by atoms with Crippen molar-refractivity contribution in [3.05, 3.63) is 98.3 Å². The van der Waals surface area contributed by atoms with Crippen LogP contribution in [-0.4, -0.2) is 29.0 Å². The van der Waals surface area contributed by atoms with Gasteiger partial charge >= 0.3 is 5.69 Å². The highest BCUT2D eigenvalue weighted by Gasteiger charge is 2.34. The van der Waals surface area contributed by atoms with Gasteiger partial charge in [0.1, 0.15) is 23.7 Å². The minimum Gasteiger partial charge on any atom is -0.496 e. The molecule has 0 unspecified atom stereocenters. The van der Waals surface area contributed by atoms with Gasteiger partial charge in [0.05, 0.1) is 17.7 Å². The SMILES string of the molecule is COc1ccc(C=C2C(=O)NC(=S)N(c3ccc(Cl)cc3)C2=O)cc1COc1cc(F)ccc1[N+](=O)[O-]. The van der Waals surface area contributed by atoms with Crippen molar-refractivity contribution in [1.29, 1.82) is 0 Å². The fourth-order valence-electron chi connectivity index (χ4n) is 3.56. The van der Waals surface area contributed by atoms with Gasteiger partial charge in [-0.25, -0.2) is 4.39 Å². The van der Waals surface area contributed by atoms with E-state index in [0.29, 0.717) is 27.6 Å². The number of nitrogens with one attached hydrogen (secondary N) is 1. The molecule has 0 radical (unpaired) electrons. The Labute approximate surface area is 220 Å². The lowest BCUT2D eigenvalue weighted by Crippen LogP contribution is -2.54. The molecular formula is C25H17ClFN3O6S. The van der Waals surface area contributed by atoms with E-state index < -0.39 is 28.2 Å². The number of halogens is 2. The number of nitrogens with zero attached hydrogens (tertiary/aromatic N) is 2. The Bertz CT molecular complexity index is 1460. The molecule has 0 atom stereocenters. The Morgan fingerprint density at radius 2 is 1.84 bits per heavy atom. The third-order valence-corrected chi connectivity index (χ3v) is 5.84. The first-order valence-corrected chi connectivity index (χ1v) is 11.4. The lowest BCUT2D eigenvalue weighted by molar-refractivity contribution is -0.386. The summed E-state index contributed by atoms with van der Waals surface area (Å²) in [5, 5.41) is 14.1. The molecule has 0 bridgehead atoms. The van der Waals surface area contributed by atoms with Gasteiger partial charge in [-0.05, 0) is 66.3 Å². The Hall–Kier alpha value is -4.35. The number of anilines is 1. The summed E-state index contributed by atoms with van der Waals surface area (Å²) in [6.07, 6.45) is 1.37. The molecule has 1 aliphatic rings. The predicted molar refractivity (Wildman–Crippen MR) is 138 cm³/mol. The van der Waals surface area contributed by atoms with Crippen LogP contribution in [0.4, 0.5) is 15.8 Å². The minimum atomic E-state index is -0.698. The third kappa shape index (κ3) is 5.57. The molecule has 1 saturated heterocycles. The Morgan fingerprint density at radius 1 is 1.11 bits per heavy atom. The minimum absolute atomic E-state index is 0.0741. The molecule has 1 heterocycles. The van der Waals surface area contributed by atoms with E-state index >= 15 is 0 Å². The highest BCUT2D eigenvalue weighted by Crippen LogP contribution is 2.30. The zero-order chi connectivity index (χ0) is 26.7. The Morgan fingerprint density at radius 3 is 2.51 bits per heavy atom. The molecule has 37 heavy (non-hydrogen) atoms. The number of ether oxygens (including phenoxy) is 2. The molecule has 1 N–H and O–H groups in total. The van der Waals surface area contributed by atoms with E-state index in [1.54, 1.807) is 42.5 Å². The summed E-state index contributed by atoms with van der Waals surface area (Å²) in [6, 6.07) is 14.0. The molecule has 0 spiro atoms. The fourth-order valence-corrected chi connectivity index (χ4v) is 3.97. The maximum Gasteiger partial charge on any atom is 0.311 e. The third-order valence-electron chi connectivity index (χ3n) is 5.30. The van der Waals surface area contributed by atoms with E-state index in [2.05, 4.69) is 5.32 Å². The molecule has 0 aromatic heterocycles. The normalized spacial score (nSPS) is 14.5. The van der Waals surface area contributed by atoms with Gasteiger partial charge in [-0.2, -0.15) is 0 Å². The van der Waals surface area contributed by atoms with Gasteiger partial charge in [-0.3, -0.25) is 29.9 Å². The van der Waals surface area contributed by atoms with Crippen molar-refractivity contribution < 1.29 is 28.4 Å². The summed E-state index contributed by atoms with van der Waals surface area (Å²) in [5.74, 6) is -1.89. The van der Waals surface area contributed by atoms with Gasteiger partial charge in [-0.1, -0.05) is 17.7 Å². The quantitative estimate of drug-likeness (QED) is 0.150. The van der Waals surface area contributed by atoms with Crippen LogP contribution in [0.15, 0.2) is 66.2 Å². The van der Waals surface area contributed by atoms with Gasteiger partial charge in [0.2, 0.25) is 0 Å². The van der Waals surface area contributed by atoms with Crippen LogP contribution in [0.1, 0.15) is 11.1 Å². The van der Waals surface area contributed by atoms with Crippen molar-refractivity contribution in [2.24, 2.45) is 0 Å². The molecule has 2 amide bonds. The average Bonchev–Trinajstić information content (AvgIpc) is 2.86. The van der Waals surface area contributed by atoms with E-state index in [4.69, 9.17) is 33.3 Å². The van der Waals surface area contributed by atoms with Gasteiger partial charge in [0.25, 0.3) is 11.8 Å². The zero-order valence-corrected chi connectivity index (χ0v) is 20.6. The lowest BCUT2D eigenvalue weighted by Gasteiger charge is -2.29. The summed E-state index contributed by atoms with van der Waals surface area (Å²) < 4.78 is 24.5. The number of thiocarbonyl (C=S) groups is 1. The molecule has 3 aromatic carbocycles. The Balaban J connectivity index is 1.65. The number of hydrogen-bond acceptors (Lipinski definition) is 7. The summed E-state index contributed by atoms with van der Waals surface area (Å²) in [4.78, 5) is 37.6. The van der Waals surface area contributed by atoms with Crippen LogP contribution >= 0.6 is 23.8 Å².